The van der Waals surface area contributed by atoms with Crippen LogP contribution in [-0.2, 0) is 15.6 Å². The number of rotatable bonds is 2. The molecule has 0 radical (unpaired) electrons. The van der Waals surface area contributed by atoms with E-state index in [0.717, 1.165) is 6.26 Å². The quantitative estimate of drug-likeness (QED) is 0.783. The van der Waals surface area contributed by atoms with E-state index in [1.807, 2.05) is 0 Å². The fraction of sp³-hybridized carbons (Fsp3) is 0.333. The van der Waals surface area contributed by atoms with E-state index in [4.69, 9.17) is 23.2 Å². The van der Waals surface area contributed by atoms with Gasteiger partial charge in [-0.25, -0.2) is 18.4 Å². The molecule has 0 fully saturated rings. The monoisotopic (exact) mass is 318 g/mol. The maximum atomic E-state index is 10.9. The second-order valence-electron chi connectivity index (χ2n) is 2.61. The molecule has 0 saturated carbocycles. The lowest BCUT2D eigenvalue weighted by molar-refractivity contribution is 0.599. The van der Waals surface area contributed by atoms with Crippen molar-refractivity contribution in [1.82, 2.24) is 9.97 Å². The van der Waals surface area contributed by atoms with E-state index in [2.05, 4.69) is 25.9 Å². The minimum Gasteiger partial charge on any atom is -0.229 e. The van der Waals surface area contributed by atoms with Crippen LogP contribution in [0.3, 0.4) is 0 Å². The van der Waals surface area contributed by atoms with E-state index in [-0.39, 0.29) is 21.9 Å². The van der Waals surface area contributed by atoms with E-state index in [1.165, 1.54) is 0 Å². The summed E-state index contributed by atoms with van der Waals surface area (Å²) in [6, 6.07) is 0. The minimum absolute atomic E-state index is 0.0886. The van der Waals surface area contributed by atoms with E-state index in [1.54, 1.807) is 0 Å². The summed E-state index contributed by atoms with van der Waals surface area (Å²) in [5.41, 5.74) is 0. The molecule has 1 aromatic rings. The molecular formula is C6H5BrCl2N2O2S. The number of sulfone groups is 1. The fourth-order valence-corrected chi connectivity index (χ4v) is 1.93. The lowest BCUT2D eigenvalue weighted by Gasteiger charge is -2.01. The Labute approximate surface area is 99.7 Å². The van der Waals surface area contributed by atoms with Crippen molar-refractivity contribution in [2.45, 2.75) is 5.75 Å². The van der Waals surface area contributed by atoms with Gasteiger partial charge in [0, 0.05) is 6.26 Å². The number of halogens is 3. The third-order valence-corrected chi connectivity index (χ3v) is 3.75. The van der Waals surface area contributed by atoms with Gasteiger partial charge in [-0.15, -0.1) is 0 Å². The first-order valence-electron chi connectivity index (χ1n) is 3.35. The van der Waals surface area contributed by atoms with Crippen LogP contribution in [0.15, 0.2) is 4.47 Å². The molecule has 0 spiro atoms. The van der Waals surface area contributed by atoms with Crippen LogP contribution in [0.4, 0.5) is 0 Å². The molecule has 78 valence electrons. The molecule has 0 saturated heterocycles. The van der Waals surface area contributed by atoms with Gasteiger partial charge in [0.1, 0.15) is 21.9 Å². The summed E-state index contributed by atoms with van der Waals surface area (Å²) in [4.78, 5) is 7.53. The molecule has 0 N–H and O–H groups in total. The zero-order valence-electron chi connectivity index (χ0n) is 6.96. The van der Waals surface area contributed by atoms with Crippen molar-refractivity contribution in [3.05, 3.63) is 20.6 Å². The van der Waals surface area contributed by atoms with Gasteiger partial charge >= 0.3 is 0 Å². The number of hydrogen-bond acceptors (Lipinski definition) is 4. The average molecular weight is 320 g/mol. The van der Waals surface area contributed by atoms with Gasteiger partial charge in [0.05, 0.1) is 4.47 Å². The summed E-state index contributed by atoms with van der Waals surface area (Å²) in [7, 11) is -3.18. The maximum absolute atomic E-state index is 10.9. The predicted octanol–water partition coefficient (Wildman–Crippen LogP) is 2.09. The lowest BCUT2D eigenvalue weighted by atomic mass is 10.6. The normalized spacial score (nSPS) is 11.7. The van der Waals surface area contributed by atoms with Gasteiger partial charge in [-0.1, -0.05) is 23.2 Å². The number of aromatic nitrogens is 2. The van der Waals surface area contributed by atoms with E-state index >= 15 is 0 Å². The smallest absolute Gasteiger partial charge is 0.154 e. The Bertz CT molecular complexity index is 440. The van der Waals surface area contributed by atoms with Crippen molar-refractivity contribution in [2.24, 2.45) is 0 Å². The molecule has 1 rings (SSSR count). The Kier molecular flexibility index (Phi) is 3.74. The average Bonchev–Trinajstić information content (AvgIpc) is 1.96. The van der Waals surface area contributed by atoms with Gasteiger partial charge in [-0.05, 0) is 15.9 Å². The Morgan fingerprint density at radius 1 is 1.29 bits per heavy atom. The highest BCUT2D eigenvalue weighted by atomic mass is 79.9. The molecular weight excluding hydrogens is 315 g/mol. The van der Waals surface area contributed by atoms with Crippen molar-refractivity contribution >= 4 is 49.0 Å². The molecule has 1 heterocycles. The van der Waals surface area contributed by atoms with Gasteiger partial charge < -0.3 is 0 Å². The molecule has 0 atom stereocenters. The molecule has 0 aliphatic heterocycles. The van der Waals surface area contributed by atoms with Crippen LogP contribution in [0.25, 0.3) is 0 Å². The highest BCUT2D eigenvalue weighted by Crippen LogP contribution is 2.27. The zero-order chi connectivity index (χ0) is 10.9. The van der Waals surface area contributed by atoms with Crippen LogP contribution in [0.2, 0.25) is 10.3 Å². The first-order chi connectivity index (χ1) is 6.29. The third-order valence-electron chi connectivity index (χ3n) is 1.21. The summed E-state index contributed by atoms with van der Waals surface area (Å²) in [6.45, 7) is 0. The van der Waals surface area contributed by atoms with Crippen LogP contribution in [0, 0.1) is 0 Å². The van der Waals surface area contributed by atoms with E-state index < -0.39 is 9.84 Å². The molecule has 0 unspecified atom stereocenters. The number of hydrogen-bond donors (Lipinski definition) is 0. The Morgan fingerprint density at radius 2 is 1.71 bits per heavy atom. The zero-order valence-corrected chi connectivity index (χ0v) is 10.9. The van der Waals surface area contributed by atoms with E-state index in [0.29, 0.717) is 4.47 Å². The predicted molar refractivity (Wildman–Crippen MR) is 58.3 cm³/mol. The molecule has 8 heteroatoms. The van der Waals surface area contributed by atoms with E-state index in [9.17, 15) is 8.42 Å². The molecule has 1 aromatic heterocycles. The summed E-state index contributed by atoms with van der Waals surface area (Å²) in [6.07, 6.45) is 1.08. The molecule has 0 aromatic carbocycles. The summed E-state index contributed by atoms with van der Waals surface area (Å²) in [5, 5.41) is 0.201. The molecule has 0 bridgehead atoms. The van der Waals surface area contributed by atoms with Crippen LogP contribution < -0.4 is 0 Å². The van der Waals surface area contributed by atoms with Crippen LogP contribution in [0.1, 0.15) is 5.82 Å². The second kappa shape index (κ2) is 4.30. The Morgan fingerprint density at radius 3 is 2.07 bits per heavy atom. The first-order valence-corrected chi connectivity index (χ1v) is 6.95. The topological polar surface area (TPSA) is 59.9 Å². The van der Waals surface area contributed by atoms with Crippen molar-refractivity contribution in [3.63, 3.8) is 0 Å². The van der Waals surface area contributed by atoms with Gasteiger partial charge in [0.15, 0.2) is 9.84 Å². The van der Waals surface area contributed by atoms with Crippen molar-refractivity contribution in [3.8, 4) is 0 Å². The molecule has 14 heavy (non-hydrogen) atoms. The first kappa shape index (κ1) is 12.2. The minimum atomic E-state index is -3.18. The number of nitrogens with zero attached hydrogens (tertiary/aromatic N) is 2. The maximum Gasteiger partial charge on any atom is 0.154 e. The SMILES string of the molecule is CS(=O)(=O)Cc1nc(Cl)c(Br)c(Cl)n1. The largest absolute Gasteiger partial charge is 0.229 e. The molecule has 0 aliphatic carbocycles. The van der Waals surface area contributed by atoms with Crippen molar-refractivity contribution in [1.29, 1.82) is 0 Å². The van der Waals surface area contributed by atoms with Gasteiger partial charge in [-0.3, -0.25) is 0 Å². The Hall–Kier alpha value is 0.0900. The summed E-state index contributed by atoms with van der Waals surface area (Å²) < 4.78 is 22.2. The van der Waals surface area contributed by atoms with Gasteiger partial charge in [0.25, 0.3) is 0 Å². The lowest BCUT2D eigenvalue weighted by Crippen LogP contribution is -2.05. The Balaban J connectivity index is 3.14. The highest BCUT2D eigenvalue weighted by Gasteiger charge is 2.12. The van der Waals surface area contributed by atoms with Crippen LogP contribution in [-0.4, -0.2) is 24.6 Å². The standard InChI is InChI=1S/C6H5BrCl2N2O2S/c1-14(12,13)2-3-10-5(8)4(7)6(9)11-3/h2H2,1H3. The van der Waals surface area contributed by atoms with Crippen molar-refractivity contribution < 1.29 is 8.42 Å². The molecule has 0 amide bonds. The summed E-state index contributed by atoms with van der Waals surface area (Å²) >= 11 is 14.4. The molecule has 0 aliphatic rings. The van der Waals surface area contributed by atoms with Crippen LogP contribution >= 0.6 is 39.1 Å². The van der Waals surface area contributed by atoms with Gasteiger partial charge in [0.2, 0.25) is 0 Å². The van der Waals surface area contributed by atoms with Crippen molar-refractivity contribution in [2.75, 3.05) is 6.26 Å². The van der Waals surface area contributed by atoms with Crippen LogP contribution in [0.5, 0.6) is 0 Å². The third kappa shape index (κ3) is 3.34. The van der Waals surface area contributed by atoms with Gasteiger partial charge in [-0.2, -0.15) is 0 Å². The summed E-state index contributed by atoms with van der Waals surface area (Å²) in [5.74, 6) is -0.189. The fourth-order valence-electron chi connectivity index (χ4n) is 0.734. The second-order valence-corrected chi connectivity index (χ2v) is 6.25. The molecule has 4 nitrogen and oxygen atoms in total. The highest BCUT2D eigenvalue weighted by molar-refractivity contribution is 9.10.